The maximum absolute atomic E-state index is 5.33. The monoisotopic (exact) mass is 314 g/mol. The van der Waals surface area contributed by atoms with Crippen molar-refractivity contribution in [2.24, 2.45) is 0 Å². The summed E-state index contributed by atoms with van der Waals surface area (Å²) in [5.41, 5.74) is 3.92. The molecule has 0 saturated heterocycles. The molecule has 0 fully saturated rings. The van der Waals surface area contributed by atoms with Crippen LogP contribution in [-0.4, -0.2) is 21.4 Å². The van der Waals surface area contributed by atoms with Gasteiger partial charge < -0.3 is 10.6 Å². The van der Waals surface area contributed by atoms with Gasteiger partial charge in [-0.25, -0.2) is 0 Å². The van der Waals surface area contributed by atoms with Crippen LogP contribution in [-0.2, 0) is 13.0 Å². The van der Waals surface area contributed by atoms with Crippen LogP contribution in [0.3, 0.4) is 0 Å². The zero-order chi connectivity index (χ0) is 15.4. The Hall–Kier alpha value is -1.88. The van der Waals surface area contributed by atoms with Crippen LogP contribution in [0.5, 0.6) is 0 Å². The van der Waals surface area contributed by atoms with Gasteiger partial charge in [-0.15, -0.1) is 0 Å². The molecule has 22 heavy (non-hydrogen) atoms. The number of nitrogens with zero attached hydrogens (tertiary/aromatic N) is 2. The summed E-state index contributed by atoms with van der Waals surface area (Å²) in [6.45, 7) is 3.73. The zero-order valence-electron chi connectivity index (χ0n) is 12.9. The Morgan fingerprint density at radius 3 is 2.95 bits per heavy atom. The molecule has 1 aliphatic rings. The molecule has 116 valence electrons. The molecule has 0 amide bonds. The summed E-state index contributed by atoms with van der Waals surface area (Å²) in [6, 6.07) is 10.8. The second-order valence-electron chi connectivity index (χ2n) is 5.64. The molecule has 1 heterocycles. The average molecular weight is 314 g/mol. The highest BCUT2D eigenvalue weighted by atomic mass is 32.1. The lowest BCUT2D eigenvalue weighted by Crippen LogP contribution is -2.38. The van der Waals surface area contributed by atoms with Gasteiger partial charge >= 0.3 is 0 Å². The zero-order valence-corrected chi connectivity index (χ0v) is 13.7. The Balaban J connectivity index is 1.77. The van der Waals surface area contributed by atoms with Crippen LogP contribution in [0.4, 0.5) is 0 Å². The van der Waals surface area contributed by atoms with E-state index < -0.39 is 0 Å². The van der Waals surface area contributed by atoms with Gasteiger partial charge in [-0.3, -0.25) is 4.68 Å². The molecule has 0 spiro atoms. The Kier molecular flexibility index (Phi) is 4.73. The van der Waals surface area contributed by atoms with Gasteiger partial charge in [-0.1, -0.05) is 30.3 Å². The summed E-state index contributed by atoms with van der Waals surface area (Å²) < 4.78 is 2.13. The molecule has 0 saturated carbocycles. The molecule has 3 rings (SSSR count). The maximum Gasteiger partial charge on any atom is 0.166 e. The van der Waals surface area contributed by atoms with Gasteiger partial charge in [0.05, 0.1) is 18.8 Å². The number of thiocarbonyl (C=S) groups is 1. The number of hydrogen-bond acceptors (Lipinski definition) is 2. The normalized spacial score (nSPS) is 16.9. The van der Waals surface area contributed by atoms with Crippen molar-refractivity contribution in [3.05, 3.63) is 53.3 Å². The second kappa shape index (κ2) is 6.92. The first-order chi connectivity index (χ1) is 10.8. The van der Waals surface area contributed by atoms with Crippen LogP contribution in [0.25, 0.3) is 0 Å². The van der Waals surface area contributed by atoms with Crippen LogP contribution >= 0.6 is 12.2 Å². The summed E-state index contributed by atoms with van der Waals surface area (Å²) in [5.74, 6) is 0. The smallest absolute Gasteiger partial charge is 0.166 e. The van der Waals surface area contributed by atoms with E-state index in [0.29, 0.717) is 0 Å². The van der Waals surface area contributed by atoms with E-state index in [1.54, 1.807) is 0 Å². The van der Waals surface area contributed by atoms with Crippen molar-refractivity contribution >= 4 is 17.3 Å². The number of hydrogen-bond donors (Lipinski definition) is 2. The fraction of sp³-hybridized carbons (Fsp3) is 0.412. The summed E-state index contributed by atoms with van der Waals surface area (Å²) in [7, 11) is 0. The fourth-order valence-corrected chi connectivity index (χ4v) is 3.32. The van der Waals surface area contributed by atoms with Crippen molar-refractivity contribution < 1.29 is 0 Å². The molecule has 2 N–H and O–H groups in total. The van der Waals surface area contributed by atoms with Crippen LogP contribution in [0.1, 0.15) is 42.6 Å². The van der Waals surface area contributed by atoms with Crippen molar-refractivity contribution in [1.82, 2.24) is 20.4 Å². The Morgan fingerprint density at radius 1 is 1.36 bits per heavy atom. The molecular weight excluding hydrogens is 292 g/mol. The molecule has 1 aromatic heterocycles. The van der Waals surface area contributed by atoms with Crippen molar-refractivity contribution in [2.45, 2.75) is 38.8 Å². The van der Waals surface area contributed by atoms with Crippen LogP contribution in [0, 0.1) is 0 Å². The van der Waals surface area contributed by atoms with E-state index in [2.05, 4.69) is 51.6 Å². The van der Waals surface area contributed by atoms with Gasteiger partial charge in [0.2, 0.25) is 0 Å². The quantitative estimate of drug-likeness (QED) is 0.852. The van der Waals surface area contributed by atoms with E-state index in [9.17, 15) is 0 Å². The number of aromatic nitrogens is 2. The minimum Gasteiger partial charge on any atom is -0.363 e. The second-order valence-corrected chi connectivity index (χ2v) is 6.05. The van der Waals surface area contributed by atoms with Gasteiger partial charge in [0.15, 0.2) is 5.11 Å². The first-order valence-electron chi connectivity index (χ1n) is 7.90. The molecule has 0 bridgehead atoms. The topological polar surface area (TPSA) is 41.9 Å². The van der Waals surface area contributed by atoms with Gasteiger partial charge in [0, 0.05) is 17.8 Å². The van der Waals surface area contributed by atoms with Gasteiger partial charge in [0.1, 0.15) is 0 Å². The van der Waals surface area contributed by atoms with Crippen molar-refractivity contribution in [3.8, 4) is 0 Å². The Morgan fingerprint density at radius 2 is 2.18 bits per heavy atom. The van der Waals surface area contributed by atoms with E-state index in [1.165, 1.54) is 23.2 Å². The van der Waals surface area contributed by atoms with Gasteiger partial charge in [0.25, 0.3) is 0 Å². The Labute approximate surface area is 136 Å². The summed E-state index contributed by atoms with van der Waals surface area (Å²) in [5, 5.41) is 11.9. The third-order valence-corrected chi connectivity index (χ3v) is 4.34. The van der Waals surface area contributed by atoms with Crippen LogP contribution < -0.4 is 10.6 Å². The largest absolute Gasteiger partial charge is 0.363 e. The predicted octanol–water partition coefficient (Wildman–Crippen LogP) is 2.79. The summed E-state index contributed by atoms with van der Waals surface area (Å²) in [4.78, 5) is 0. The molecule has 5 heteroatoms. The lowest BCUT2D eigenvalue weighted by Gasteiger charge is -2.25. The number of fused-ring (bicyclic) bond motifs is 1. The average Bonchev–Trinajstić information content (AvgIpc) is 2.93. The van der Waals surface area contributed by atoms with Gasteiger partial charge in [-0.2, -0.15) is 5.10 Å². The number of benzene rings is 1. The van der Waals surface area contributed by atoms with Crippen LogP contribution in [0.2, 0.25) is 0 Å². The molecule has 0 radical (unpaired) electrons. The standard InChI is InChI=1S/C17H22N4S/c1-2-18-17(22)20-15-9-6-10-16-14(15)11-19-21(16)12-13-7-4-3-5-8-13/h3-5,7-8,11,15H,2,6,9-10,12H2,1H3,(H2,18,20,22)/t15-/m1/s1. The SMILES string of the molecule is CCNC(=S)N[C@@H]1CCCc2c1cnn2Cc1ccccc1. The fourth-order valence-electron chi connectivity index (χ4n) is 3.03. The number of rotatable bonds is 4. The van der Waals surface area contributed by atoms with Crippen molar-refractivity contribution in [3.63, 3.8) is 0 Å². The number of nitrogens with one attached hydrogen (secondary N) is 2. The van der Waals surface area contributed by atoms with E-state index in [0.717, 1.165) is 31.0 Å². The lowest BCUT2D eigenvalue weighted by molar-refractivity contribution is 0.504. The van der Waals surface area contributed by atoms with Crippen LogP contribution in [0.15, 0.2) is 36.5 Å². The summed E-state index contributed by atoms with van der Waals surface area (Å²) >= 11 is 5.33. The van der Waals surface area contributed by atoms with Crippen molar-refractivity contribution in [1.29, 1.82) is 0 Å². The van der Waals surface area contributed by atoms with Gasteiger partial charge in [-0.05, 0) is 44.0 Å². The Bertz CT molecular complexity index is 635. The third kappa shape index (κ3) is 3.30. The van der Waals surface area contributed by atoms with E-state index >= 15 is 0 Å². The molecule has 0 aliphatic heterocycles. The molecule has 0 unspecified atom stereocenters. The molecule has 2 aromatic rings. The molecule has 4 nitrogen and oxygen atoms in total. The molecule has 1 aromatic carbocycles. The highest BCUT2D eigenvalue weighted by Gasteiger charge is 2.24. The minimum atomic E-state index is 0.278. The van der Waals surface area contributed by atoms with E-state index in [4.69, 9.17) is 12.2 Å². The first kappa shape index (κ1) is 15.0. The minimum absolute atomic E-state index is 0.278. The third-order valence-electron chi connectivity index (χ3n) is 4.08. The predicted molar refractivity (Wildman–Crippen MR) is 92.9 cm³/mol. The summed E-state index contributed by atoms with van der Waals surface area (Å²) in [6.07, 6.45) is 5.37. The molecule has 1 atom stereocenters. The molecule has 1 aliphatic carbocycles. The van der Waals surface area contributed by atoms with Crippen molar-refractivity contribution in [2.75, 3.05) is 6.54 Å². The first-order valence-corrected chi connectivity index (χ1v) is 8.31. The highest BCUT2D eigenvalue weighted by molar-refractivity contribution is 7.80. The van der Waals surface area contributed by atoms with E-state index in [1.807, 2.05) is 12.3 Å². The highest BCUT2D eigenvalue weighted by Crippen LogP contribution is 2.29. The maximum atomic E-state index is 5.33. The lowest BCUT2D eigenvalue weighted by atomic mass is 9.93. The molecular formula is C17H22N4S. The van der Waals surface area contributed by atoms with E-state index in [-0.39, 0.29) is 6.04 Å².